The van der Waals surface area contributed by atoms with Crippen molar-refractivity contribution in [2.24, 2.45) is 0 Å². The van der Waals surface area contributed by atoms with Crippen LogP contribution in [-0.2, 0) is 11.3 Å². The van der Waals surface area contributed by atoms with Gasteiger partial charge in [0.25, 0.3) is 11.6 Å². The maximum atomic E-state index is 13.2. The molecule has 1 N–H and O–H groups in total. The summed E-state index contributed by atoms with van der Waals surface area (Å²) in [5.41, 5.74) is 2.08. The Balaban J connectivity index is 1.48. The third-order valence-corrected chi connectivity index (χ3v) is 4.31. The Kier molecular flexibility index (Phi) is 5.35. The van der Waals surface area contributed by atoms with Crippen LogP contribution in [0.25, 0.3) is 22.4 Å². The second-order valence-electron chi connectivity index (χ2n) is 6.09. The number of amides is 1. The van der Waals surface area contributed by atoms with E-state index in [1.165, 1.54) is 18.5 Å². The van der Waals surface area contributed by atoms with Crippen LogP contribution >= 0.6 is 11.6 Å². The Morgan fingerprint density at radius 3 is 2.79 bits per heavy atom. The zero-order valence-electron chi connectivity index (χ0n) is 14.9. The van der Waals surface area contributed by atoms with E-state index < -0.39 is 0 Å². The third kappa shape index (κ3) is 4.33. The molecule has 29 heavy (non-hydrogen) atoms. The van der Waals surface area contributed by atoms with E-state index in [1.807, 2.05) is 6.07 Å². The lowest BCUT2D eigenvalue weighted by Crippen LogP contribution is -2.28. The molecule has 1 amide bonds. The zero-order valence-corrected chi connectivity index (χ0v) is 15.7. The summed E-state index contributed by atoms with van der Waals surface area (Å²) in [5.74, 6) is -0.560. The van der Waals surface area contributed by atoms with Gasteiger partial charge in [-0.2, -0.15) is 4.98 Å². The number of nitrogens with one attached hydrogen (secondary N) is 1. The standard InChI is InChI=1S/C20H14ClFN4O3/c21-14-3-1-2-12(8-14)9-23-16(27)10-28-19-17-18(13-4-6-15(22)7-5-13)26-29-20(17)25-11-24-19/h1-8,11H,9-10H2,(H,23,27). The van der Waals surface area contributed by atoms with E-state index in [4.69, 9.17) is 20.9 Å². The summed E-state index contributed by atoms with van der Waals surface area (Å²) < 4.78 is 24.0. The number of hydrogen-bond acceptors (Lipinski definition) is 6. The van der Waals surface area contributed by atoms with Crippen molar-refractivity contribution in [3.63, 3.8) is 0 Å². The lowest BCUT2D eigenvalue weighted by molar-refractivity contribution is -0.123. The summed E-state index contributed by atoms with van der Waals surface area (Å²) in [6, 6.07) is 12.9. The van der Waals surface area contributed by atoms with Gasteiger partial charge >= 0.3 is 0 Å². The van der Waals surface area contributed by atoms with Gasteiger partial charge < -0.3 is 14.6 Å². The Labute approximate surface area is 169 Å². The topological polar surface area (TPSA) is 90.1 Å². The second kappa shape index (κ2) is 8.24. The molecule has 4 rings (SSSR count). The predicted molar refractivity (Wildman–Crippen MR) is 104 cm³/mol. The van der Waals surface area contributed by atoms with Crippen molar-refractivity contribution >= 4 is 28.6 Å². The van der Waals surface area contributed by atoms with Crippen molar-refractivity contribution in [1.29, 1.82) is 0 Å². The number of halogens is 2. The van der Waals surface area contributed by atoms with Crippen LogP contribution in [0.1, 0.15) is 5.56 Å². The van der Waals surface area contributed by atoms with E-state index in [1.54, 1.807) is 30.3 Å². The summed E-state index contributed by atoms with van der Waals surface area (Å²) in [4.78, 5) is 20.2. The predicted octanol–water partition coefficient (Wildman–Crippen LogP) is 3.77. The van der Waals surface area contributed by atoms with Gasteiger partial charge in [0, 0.05) is 17.1 Å². The van der Waals surface area contributed by atoms with Gasteiger partial charge in [-0.1, -0.05) is 28.9 Å². The van der Waals surface area contributed by atoms with E-state index in [0.717, 1.165) is 5.56 Å². The van der Waals surface area contributed by atoms with Crippen LogP contribution in [0.5, 0.6) is 5.88 Å². The first kappa shape index (κ1) is 18.8. The number of carbonyl (C=O) groups is 1. The molecule has 7 nitrogen and oxygen atoms in total. The van der Waals surface area contributed by atoms with Crippen LogP contribution in [0.15, 0.2) is 59.4 Å². The first-order chi connectivity index (χ1) is 14.1. The molecule has 0 fully saturated rings. The van der Waals surface area contributed by atoms with Gasteiger partial charge in [0.15, 0.2) is 6.61 Å². The van der Waals surface area contributed by atoms with Crippen LogP contribution in [0.2, 0.25) is 5.02 Å². The average Bonchev–Trinajstić information content (AvgIpc) is 3.16. The summed E-state index contributed by atoms with van der Waals surface area (Å²) in [5, 5.41) is 7.72. The largest absolute Gasteiger partial charge is 0.467 e. The van der Waals surface area contributed by atoms with Gasteiger partial charge in [-0.05, 0) is 42.0 Å². The summed E-state index contributed by atoms with van der Waals surface area (Å²) in [7, 11) is 0. The van der Waals surface area contributed by atoms with E-state index in [-0.39, 0.29) is 29.9 Å². The smallest absolute Gasteiger partial charge is 0.265 e. The first-order valence-corrected chi connectivity index (χ1v) is 8.98. The van der Waals surface area contributed by atoms with Gasteiger partial charge in [-0.3, -0.25) is 4.79 Å². The zero-order chi connectivity index (χ0) is 20.2. The molecule has 0 radical (unpaired) electrons. The van der Waals surface area contributed by atoms with E-state index in [2.05, 4.69) is 20.4 Å². The van der Waals surface area contributed by atoms with Crippen molar-refractivity contribution in [3.8, 4) is 17.1 Å². The number of nitrogens with zero attached hydrogens (tertiary/aromatic N) is 3. The SMILES string of the molecule is O=C(COc1ncnc2onc(-c3ccc(F)cc3)c12)NCc1cccc(Cl)c1. The minimum atomic E-state index is -0.370. The third-order valence-electron chi connectivity index (χ3n) is 4.07. The highest BCUT2D eigenvalue weighted by molar-refractivity contribution is 6.30. The number of fused-ring (bicyclic) bond motifs is 1. The summed E-state index contributed by atoms with van der Waals surface area (Å²) in [6.07, 6.45) is 1.25. The maximum absolute atomic E-state index is 13.2. The molecule has 0 aliphatic carbocycles. The Morgan fingerprint density at radius 1 is 1.17 bits per heavy atom. The molecule has 2 aromatic heterocycles. The highest BCUT2D eigenvalue weighted by Gasteiger charge is 2.18. The maximum Gasteiger partial charge on any atom is 0.265 e. The highest BCUT2D eigenvalue weighted by atomic mass is 35.5. The highest BCUT2D eigenvalue weighted by Crippen LogP contribution is 2.32. The van der Waals surface area contributed by atoms with Gasteiger partial charge in [0.05, 0.1) is 0 Å². The molecule has 0 saturated heterocycles. The van der Waals surface area contributed by atoms with Crippen LogP contribution in [0, 0.1) is 5.82 Å². The molecule has 0 aliphatic heterocycles. The molecule has 0 bridgehead atoms. The number of hydrogen-bond donors (Lipinski definition) is 1. The van der Waals surface area contributed by atoms with Crippen molar-refractivity contribution in [3.05, 3.63) is 71.3 Å². The minimum Gasteiger partial charge on any atom is -0.467 e. The number of ether oxygens (including phenoxy) is 1. The molecule has 0 atom stereocenters. The fourth-order valence-corrected chi connectivity index (χ4v) is 2.92. The van der Waals surface area contributed by atoms with Crippen molar-refractivity contribution in [2.75, 3.05) is 6.61 Å². The lowest BCUT2D eigenvalue weighted by Gasteiger charge is -2.08. The van der Waals surface area contributed by atoms with Gasteiger partial charge in [0.2, 0.25) is 5.88 Å². The van der Waals surface area contributed by atoms with Crippen LogP contribution in [-0.4, -0.2) is 27.6 Å². The van der Waals surface area contributed by atoms with Crippen molar-refractivity contribution < 1.29 is 18.4 Å². The minimum absolute atomic E-state index is 0.147. The van der Waals surface area contributed by atoms with Crippen molar-refractivity contribution in [1.82, 2.24) is 20.4 Å². The molecule has 2 aromatic carbocycles. The number of benzene rings is 2. The number of carbonyl (C=O) groups excluding carboxylic acids is 1. The fraction of sp³-hybridized carbons (Fsp3) is 0.100. The Bertz CT molecular complexity index is 1160. The van der Waals surface area contributed by atoms with E-state index in [9.17, 15) is 9.18 Å². The lowest BCUT2D eigenvalue weighted by atomic mass is 10.1. The van der Waals surface area contributed by atoms with E-state index in [0.29, 0.717) is 28.2 Å². The molecule has 2 heterocycles. The molecule has 9 heteroatoms. The quantitative estimate of drug-likeness (QED) is 0.518. The monoisotopic (exact) mass is 412 g/mol. The first-order valence-electron chi connectivity index (χ1n) is 8.60. The van der Waals surface area contributed by atoms with Gasteiger partial charge in [-0.15, -0.1) is 0 Å². The average molecular weight is 413 g/mol. The number of rotatable bonds is 6. The number of aromatic nitrogens is 3. The Hall–Kier alpha value is -3.52. The van der Waals surface area contributed by atoms with Gasteiger partial charge in [-0.25, -0.2) is 9.37 Å². The van der Waals surface area contributed by atoms with Crippen LogP contribution in [0.4, 0.5) is 4.39 Å². The van der Waals surface area contributed by atoms with E-state index >= 15 is 0 Å². The summed E-state index contributed by atoms with van der Waals surface area (Å²) >= 11 is 5.93. The van der Waals surface area contributed by atoms with Crippen LogP contribution < -0.4 is 10.1 Å². The molecule has 146 valence electrons. The Morgan fingerprint density at radius 2 is 2.00 bits per heavy atom. The molecule has 0 spiro atoms. The normalized spacial score (nSPS) is 10.8. The molecule has 0 aliphatic rings. The molecule has 0 unspecified atom stereocenters. The second-order valence-corrected chi connectivity index (χ2v) is 6.53. The molecular formula is C20H14ClFN4O3. The molecule has 0 saturated carbocycles. The molecular weight excluding hydrogens is 399 g/mol. The molecule has 4 aromatic rings. The van der Waals surface area contributed by atoms with Crippen LogP contribution in [0.3, 0.4) is 0 Å². The summed E-state index contributed by atoms with van der Waals surface area (Å²) in [6.45, 7) is 0.0523. The van der Waals surface area contributed by atoms with Crippen molar-refractivity contribution in [2.45, 2.75) is 6.54 Å². The van der Waals surface area contributed by atoms with Gasteiger partial charge in [0.1, 0.15) is 23.2 Å². The fourth-order valence-electron chi connectivity index (χ4n) is 2.71.